The van der Waals surface area contributed by atoms with Crippen LogP contribution in [0.5, 0.6) is 0 Å². The van der Waals surface area contributed by atoms with Gasteiger partial charge in [-0.15, -0.1) is 0 Å². The summed E-state index contributed by atoms with van der Waals surface area (Å²) in [6, 6.07) is 4.79. The number of imidazole rings is 1. The van der Waals surface area contributed by atoms with E-state index in [-0.39, 0.29) is 19.5 Å². The molecule has 0 aliphatic heterocycles. The van der Waals surface area contributed by atoms with Crippen molar-refractivity contribution in [3.05, 3.63) is 66.8 Å². The minimum absolute atomic E-state index is 0.145. The Balaban J connectivity index is 1.81. The second kappa shape index (κ2) is 6.67. The number of alkyl halides is 3. The normalized spacial score (nSPS) is 14.4. The minimum atomic E-state index is -4.38. The van der Waals surface area contributed by atoms with Gasteiger partial charge >= 0.3 is 6.18 Å². The molecule has 0 bridgehead atoms. The van der Waals surface area contributed by atoms with E-state index >= 15 is 0 Å². The number of aliphatic hydroxyl groups is 1. The molecular formula is C16H16F3N5O. The molecule has 132 valence electrons. The van der Waals surface area contributed by atoms with Gasteiger partial charge in [-0.2, -0.15) is 18.3 Å². The van der Waals surface area contributed by atoms with Gasteiger partial charge < -0.3 is 9.67 Å². The lowest BCUT2D eigenvalue weighted by molar-refractivity contribution is -0.137. The van der Waals surface area contributed by atoms with Gasteiger partial charge in [0, 0.05) is 18.8 Å². The predicted molar refractivity (Wildman–Crippen MR) is 82.3 cm³/mol. The highest BCUT2D eigenvalue weighted by Crippen LogP contribution is 2.29. The Hall–Kier alpha value is -2.68. The molecule has 2 heterocycles. The third-order valence-corrected chi connectivity index (χ3v) is 3.77. The first kappa shape index (κ1) is 17.2. The van der Waals surface area contributed by atoms with Crippen molar-refractivity contribution < 1.29 is 18.3 Å². The summed E-state index contributed by atoms with van der Waals surface area (Å²) in [4.78, 5) is 7.79. The summed E-state index contributed by atoms with van der Waals surface area (Å²) in [6.45, 7) is 0.361. The average molecular weight is 351 g/mol. The smallest absolute Gasteiger partial charge is 0.386 e. The molecule has 0 radical (unpaired) electrons. The number of nitrogens with zero attached hydrogens (tertiary/aromatic N) is 5. The van der Waals surface area contributed by atoms with E-state index in [0.29, 0.717) is 5.56 Å². The fourth-order valence-corrected chi connectivity index (χ4v) is 2.69. The molecule has 1 N–H and O–H groups in total. The van der Waals surface area contributed by atoms with Crippen LogP contribution in [-0.4, -0.2) is 35.0 Å². The Morgan fingerprint density at radius 2 is 1.76 bits per heavy atom. The topological polar surface area (TPSA) is 68.8 Å². The van der Waals surface area contributed by atoms with Crippen LogP contribution >= 0.6 is 0 Å². The molecule has 9 heteroatoms. The summed E-state index contributed by atoms with van der Waals surface area (Å²) in [7, 11) is 0. The molecule has 0 spiro atoms. The van der Waals surface area contributed by atoms with Crippen LogP contribution in [0.15, 0.2) is 55.6 Å². The maximum Gasteiger partial charge on any atom is 0.416 e. The quantitative estimate of drug-likeness (QED) is 0.739. The van der Waals surface area contributed by atoms with E-state index in [4.69, 9.17) is 0 Å². The largest absolute Gasteiger partial charge is 0.416 e. The van der Waals surface area contributed by atoms with Crippen molar-refractivity contribution in [1.29, 1.82) is 0 Å². The fraction of sp³-hybridized carbons (Fsp3) is 0.312. The molecule has 6 nitrogen and oxygen atoms in total. The van der Waals surface area contributed by atoms with Crippen LogP contribution < -0.4 is 0 Å². The highest BCUT2D eigenvalue weighted by Gasteiger charge is 2.32. The Bertz CT molecular complexity index is 746. The predicted octanol–water partition coefficient (Wildman–Crippen LogP) is 2.17. The monoisotopic (exact) mass is 351 g/mol. The first-order valence-electron chi connectivity index (χ1n) is 7.51. The summed E-state index contributed by atoms with van der Waals surface area (Å²) in [6.07, 6.45) is 3.48. The lowest BCUT2D eigenvalue weighted by atomic mass is 9.93. The Morgan fingerprint density at radius 3 is 2.32 bits per heavy atom. The van der Waals surface area contributed by atoms with E-state index in [1.165, 1.54) is 29.5 Å². The average Bonchev–Trinajstić information content (AvgIpc) is 3.20. The van der Waals surface area contributed by atoms with E-state index in [0.717, 1.165) is 12.1 Å². The number of benzene rings is 1. The van der Waals surface area contributed by atoms with Gasteiger partial charge in [0.2, 0.25) is 0 Å². The van der Waals surface area contributed by atoms with Crippen LogP contribution in [0.25, 0.3) is 0 Å². The third kappa shape index (κ3) is 4.44. The number of hydrogen-bond acceptors (Lipinski definition) is 4. The second-order valence-electron chi connectivity index (χ2n) is 5.92. The van der Waals surface area contributed by atoms with Gasteiger partial charge in [0.25, 0.3) is 0 Å². The Morgan fingerprint density at radius 1 is 1.00 bits per heavy atom. The molecule has 0 saturated heterocycles. The number of rotatable bonds is 6. The minimum Gasteiger partial charge on any atom is -0.386 e. The first-order valence-corrected chi connectivity index (χ1v) is 7.51. The summed E-state index contributed by atoms with van der Waals surface area (Å²) in [5, 5.41) is 15.1. The van der Waals surface area contributed by atoms with Crippen LogP contribution in [0, 0.1) is 0 Å². The lowest BCUT2D eigenvalue weighted by Gasteiger charge is -2.28. The zero-order valence-electron chi connectivity index (χ0n) is 13.1. The third-order valence-electron chi connectivity index (χ3n) is 3.77. The number of hydrogen-bond donors (Lipinski definition) is 1. The standard InChI is InChI=1S/C16H16F3N5O/c17-16(18,19)14-3-1-13(2-4-14)7-15(25,8-23-6-5-20-11-23)9-24-12-21-10-22-24/h1-6,10-12,25H,7-9H2. The van der Waals surface area contributed by atoms with Crippen molar-refractivity contribution >= 4 is 0 Å². The van der Waals surface area contributed by atoms with Gasteiger partial charge in [-0.3, -0.25) is 0 Å². The highest BCUT2D eigenvalue weighted by atomic mass is 19.4. The molecule has 3 aromatic rings. The van der Waals surface area contributed by atoms with Gasteiger partial charge in [0.15, 0.2) is 0 Å². The van der Waals surface area contributed by atoms with E-state index in [1.54, 1.807) is 23.3 Å². The van der Waals surface area contributed by atoms with Crippen LogP contribution in [0.4, 0.5) is 13.2 Å². The maximum atomic E-state index is 12.7. The summed E-state index contributed by atoms with van der Waals surface area (Å²) >= 11 is 0. The van der Waals surface area contributed by atoms with Gasteiger partial charge in [-0.25, -0.2) is 14.6 Å². The molecular weight excluding hydrogens is 335 g/mol. The van der Waals surface area contributed by atoms with Gasteiger partial charge in [0.05, 0.1) is 25.0 Å². The van der Waals surface area contributed by atoms with Crippen LogP contribution in [0.2, 0.25) is 0 Å². The molecule has 0 saturated carbocycles. The van der Waals surface area contributed by atoms with E-state index in [1.807, 2.05) is 0 Å². The van der Waals surface area contributed by atoms with Crippen molar-refractivity contribution in [2.24, 2.45) is 0 Å². The maximum absolute atomic E-state index is 12.7. The molecule has 1 atom stereocenters. The first-order chi connectivity index (χ1) is 11.8. The Labute approximate surface area is 141 Å². The zero-order valence-corrected chi connectivity index (χ0v) is 13.1. The summed E-state index contributed by atoms with van der Waals surface area (Å²) < 4.78 is 41.2. The molecule has 0 amide bonds. The fourth-order valence-electron chi connectivity index (χ4n) is 2.69. The van der Waals surface area contributed by atoms with E-state index < -0.39 is 17.3 Å². The van der Waals surface area contributed by atoms with E-state index in [9.17, 15) is 18.3 Å². The molecule has 0 aliphatic carbocycles. The molecule has 25 heavy (non-hydrogen) atoms. The summed E-state index contributed by atoms with van der Waals surface area (Å²) in [5.74, 6) is 0. The van der Waals surface area contributed by atoms with Crippen molar-refractivity contribution in [2.45, 2.75) is 31.3 Å². The zero-order chi connectivity index (χ0) is 17.9. The molecule has 0 fully saturated rings. The van der Waals surface area contributed by atoms with Crippen LogP contribution in [0.1, 0.15) is 11.1 Å². The van der Waals surface area contributed by atoms with Crippen molar-refractivity contribution in [2.75, 3.05) is 0 Å². The van der Waals surface area contributed by atoms with Crippen LogP contribution in [0.3, 0.4) is 0 Å². The highest BCUT2D eigenvalue weighted by molar-refractivity contribution is 5.25. The lowest BCUT2D eigenvalue weighted by Crippen LogP contribution is -2.41. The van der Waals surface area contributed by atoms with Gasteiger partial charge in [-0.05, 0) is 17.7 Å². The molecule has 3 rings (SSSR count). The molecule has 1 aromatic carbocycles. The SMILES string of the molecule is OC(Cc1ccc(C(F)(F)F)cc1)(Cn1ccnc1)Cn1cncn1. The molecule has 0 aliphatic rings. The van der Waals surface area contributed by atoms with Crippen LogP contribution in [-0.2, 0) is 25.7 Å². The van der Waals surface area contributed by atoms with Gasteiger partial charge in [0.1, 0.15) is 18.3 Å². The molecule has 1 unspecified atom stereocenters. The Kier molecular flexibility index (Phi) is 4.58. The van der Waals surface area contributed by atoms with Gasteiger partial charge in [-0.1, -0.05) is 12.1 Å². The second-order valence-corrected chi connectivity index (χ2v) is 5.92. The molecule has 2 aromatic heterocycles. The van der Waals surface area contributed by atoms with Crippen molar-refractivity contribution in [3.8, 4) is 0 Å². The number of halogens is 3. The summed E-state index contributed by atoms with van der Waals surface area (Å²) in [5.41, 5.74) is -1.39. The van der Waals surface area contributed by atoms with E-state index in [2.05, 4.69) is 15.1 Å². The van der Waals surface area contributed by atoms with Crippen molar-refractivity contribution in [1.82, 2.24) is 24.3 Å². The van der Waals surface area contributed by atoms with Crippen molar-refractivity contribution in [3.63, 3.8) is 0 Å². The number of aromatic nitrogens is 5.